The maximum Gasteiger partial charge on any atom is 0.325 e. The summed E-state index contributed by atoms with van der Waals surface area (Å²) in [4.78, 5) is 11.6. The minimum absolute atomic E-state index is 0.287. The number of carbonyl (C=O) groups excluding carboxylic acids is 1. The van der Waals surface area contributed by atoms with E-state index in [1.807, 2.05) is 0 Å². The van der Waals surface area contributed by atoms with Crippen LogP contribution in [0.15, 0.2) is 24.3 Å². The number of esters is 1. The van der Waals surface area contributed by atoms with Crippen LogP contribution >= 0.6 is 22.6 Å². The Hall–Kier alpha value is -0.620. The van der Waals surface area contributed by atoms with E-state index in [9.17, 15) is 4.79 Å². The van der Waals surface area contributed by atoms with Crippen LogP contribution in [0.25, 0.3) is 0 Å². The summed E-state index contributed by atoms with van der Waals surface area (Å²) in [5.74, 6) is 0.0848. The fourth-order valence-corrected chi connectivity index (χ4v) is 2.84. The second-order valence-corrected chi connectivity index (χ2v) is 5.88. The predicted octanol–water partition coefficient (Wildman–Crippen LogP) is 2.43. The van der Waals surface area contributed by atoms with Crippen molar-refractivity contribution >= 4 is 28.6 Å². The smallest absolute Gasteiger partial charge is 0.325 e. The summed E-state index contributed by atoms with van der Waals surface area (Å²) in [5, 5.41) is 0. The second-order valence-electron chi connectivity index (χ2n) is 4.64. The topological polar surface area (TPSA) is 52.3 Å². The van der Waals surface area contributed by atoms with E-state index < -0.39 is 5.54 Å². The molecule has 92 valence electrons. The van der Waals surface area contributed by atoms with E-state index >= 15 is 0 Å². The molecule has 2 rings (SSSR count). The molecule has 0 unspecified atom stereocenters. The van der Waals surface area contributed by atoms with Crippen molar-refractivity contribution in [3.63, 3.8) is 0 Å². The highest BCUT2D eigenvalue weighted by Gasteiger charge is 2.43. The molecule has 0 radical (unpaired) electrons. The molecule has 3 nitrogen and oxygen atoms in total. The maximum absolute atomic E-state index is 11.6. The summed E-state index contributed by atoms with van der Waals surface area (Å²) in [5.41, 5.74) is 6.57. The number of carbonyl (C=O) groups is 1. The highest BCUT2D eigenvalue weighted by Crippen LogP contribution is 2.40. The SMILES string of the molecule is COC(=O)[C@@]1(N)CC[C@H](c2ccc(I)cc2)C1. The van der Waals surface area contributed by atoms with Gasteiger partial charge >= 0.3 is 5.97 Å². The van der Waals surface area contributed by atoms with Crippen LogP contribution in [0.1, 0.15) is 30.7 Å². The molecule has 1 aliphatic carbocycles. The van der Waals surface area contributed by atoms with Gasteiger partial charge in [-0.05, 0) is 65.5 Å². The van der Waals surface area contributed by atoms with Crippen molar-refractivity contribution in [3.8, 4) is 0 Å². The summed E-state index contributed by atoms with van der Waals surface area (Å²) in [6, 6.07) is 8.42. The Balaban J connectivity index is 2.12. The minimum atomic E-state index is -0.789. The van der Waals surface area contributed by atoms with Crippen molar-refractivity contribution in [1.29, 1.82) is 0 Å². The van der Waals surface area contributed by atoms with Gasteiger partial charge in [-0.25, -0.2) is 0 Å². The maximum atomic E-state index is 11.6. The highest BCUT2D eigenvalue weighted by molar-refractivity contribution is 14.1. The van der Waals surface area contributed by atoms with Crippen molar-refractivity contribution in [3.05, 3.63) is 33.4 Å². The van der Waals surface area contributed by atoms with E-state index in [-0.39, 0.29) is 5.97 Å². The molecule has 0 amide bonds. The summed E-state index contributed by atoms with van der Waals surface area (Å²) >= 11 is 2.28. The fraction of sp³-hybridized carbons (Fsp3) is 0.462. The van der Waals surface area contributed by atoms with Crippen LogP contribution in [-0.4, -0.2) is 18.6 Å². The molecule has 0 spiro atoms. The number of nitrogens with two attached hydrogens (primary N) is 1. The van der Waals surface area contributed by atoms with E-state index in [0.717, 1.165) is 6.42 Å². The van der Waals surface area contributed by atoms with Crippen LogP contribution < -0.4 is 5.73 Å². The van der Waals surface area contributed by atoms with Gasteiger partial charge in [0.05, 0.1) is 7.11 Å². The van der Waals surface area contributed by atoms with Gasteiger partial charge in [-0.2, -0.15) is 0 Å². The predicted molar refractivity (Wildman–Crippen MR) is 74.7 cm³/mol. The van der Waals surface area contributed by atoms with E-state index in [0.29, 0.717) is 18.8 Å². The number of rotatable bonds is 2. The first-order valence-corrected chi connectivity index (χ1v) is 6.76. The quantitative estimate of drug-likeness (QED) is 0.662. The third-order valence-electron chi connectivity index (χ3n) is 3.48. The number of hydrogen-bond donors (Lipinski definition) is 1. The van der Waals surface area contributed by atoms with Crippen LogP contribution in [0.3, 0.4) is 0 Å². The zero-order chi connectivity index (χ0) is 12.5. The molecule has 1 fully saturated rings. The lowest BCUT2D eigenvalue weighted by atomic mass is 9.93. The fourth-order valence-electron chi connectivity index (χ4n) is 2.48. The minimum Gasteiger partial charge on any atom is -0.468 e. The van der Waals surface area contributed by atoms with Crippen LogP contribution in [0.2, 0.25) is 0 Å². The van der Waals surface area contributed by atoms with Crippen LogP contribution in [0, 0.1) is 3.57 Å². The largest absolute Gasteiger partial charge is 0.468 e. The normalized spacial score (nSPS) is 28.1. The van der Waals surface area contributed by atoms with Gasteiger partial charge in [0.15, 0.2) is 0 Å². The Bertz CT molecular complexity index is 418. The zero-order valence-corrected chi connectivity index (χ0v) is 11.9. The standard InChI is InChI=1S/C13H16INO2/c1-17-12(16)13(15)7-6-10(8-13)9-2-4-11(14)5-3-9/h2-5,10H,6-8,15H2,1H3/t10-,13+/m0/s1. The first-order chi connectivity index (χ1) is 8.05. The van der Waals surface area contributed by atoms with E-state index in [2.05, 4.69) is 46.9 Å². The van der Waals surface area contributed by atoms with Gasteiger partial charge in [0, 0.05) is 3.57 Å². The molecule has 0 aliphatic heterocycles. The van der Waals surface area contributed by atoms with E-state index in [1.54, 1.807) is 0 Å². The Morgan fingerprint density at radius 2 is 2.12 bits per heavy atom. The second kappa shape index (κ2) is 4.94. The molecule has 4 heteroatoms. The number of methoxy groups -OCH3 is 1. The molecule has 1 aromatic carbocycles. The van der Waals surface area contributed by atoms with E-state index in [1.165, 1.54) is 16.2 Å². The summed E-state index contributed by atoms with van der Waals surface area (Å²) in [6.07, 6.45) is 2.34. The molecule has 1 aromatic rings. The molecule has 2 N–H and O–H groups in total. The van der Waals surface area contributed by atoms with Crippen molar-refractivity contribution in [2.24, 2.45) is 5.73 Å². The monoisotopic (exact) mass is 345 g/mol. The molecule has 0 saturated heterocycles. The average molecular weight is 345 g/mol. The first kappa shape index (κ1) is 12.8. The number of benzene rings is 1. The summed E-state index contributed by atoms with van der Waals surface area (Å²) in [7, 11) is 1.40. The average Bonchev–Trinajstić information content (AvgIpc) is 2.73. The molecule has 17 heavy (non-hydrogen) atoms. The number of ether oxygens (including phenoxy) is 1. The Labute approximate surface area is 115 Å². The first-order valence-electron chi connectivity index (χ1n) is 5.68. The Morgan fingerprint density at radius 3 is 2.71 bits per heavy atom. The molecular weight excluding hydrogens is 329 g/mol. The highest BCUT2D eigenvalue weighted by atomic mass is 127. The van der Waals surface area contributed by atoms with Gasteiger partial charge in [-0.3, -0.25) is 4.79 Å². The molecule has 1 saturated carbocycles. The Kier molecular flexibility index (Phi) is 3.73. The van der Waals surface area contributed by atoms with Gasteiger partial charge in [-0.1, -0.05) is 12.1 Å². The van der Waals surface area contributed by atoms with Crippen LogP contribution in [0.5, 0.6) is 0 Å². The molecule has 2 atom stereocenters. The van der Waals surface area contributed by atoms with Crippen molar-refractivity contribution < 1.29 is 9.53 Å². The van der Waals surface area contributed by atoms with Gasteiger partial charge in [0.2, 0.25) is 0 Å². The molecule has 0 heterocycles. The summed E-state index contributed by atoms with van der Waals surface area (Å²) in [6.45, 7) is 0. The number of halogens is 1. The van der Waals surface area contributed by atoms with Crippen molar-refractivity contribution in [2.45, 2.75) is 30.7 Å². The van der Waals surface area contributed by atoms with E-state index in [4.69, 9.17) is 10.5 Å². The lowest BCUT2D eigenvalue weighted by Gasteiger charge is -2.20. The molecule has 0 bridgehead atoms. The van der Waals surface area contributed by atoms with Crippen molar-refractivity contribution in [2.75, 3.05) is 7.11 Å². The lowest BCUT2D eigenvalue weighted by Crippen LogP contribution is -2.46. The van der Waals surface area contributed by atoms with Gasteiger partial charge in [-0.15, -0.1) is 0 Å². The molecular formula is C13H16INO2. The molecule has 0 aromatic heterocycles. The van der Waals surface area contributed by atoms with Gasteiger partial charge in [0.25, 0.3) is 0 Å². The lowest BCUT2D eigenvalue weighted by molar-refractivity contribution is -0.146. The van der Waals surface area contributed by atoms with Gasteiger partial charge in [0.1, 0.15) is 5.54 Å². The third kappa shape index (κ3) is 2.63. The number of hydrogen-bond acceptors (Lipinski definition) is 3. The summed E-state index contributed by atoms with van der Waals surface area (Å²) < 4.78 is 5.99. The van der Waals surface area contributed by atoms with Crippen molar-refractivity contribution in [1.82, 2.24) is 0 Å². The molecule has 1 aliphatic rings. The zero-order valence-electron chi connectivity index (χ0n) is 9.78. The van der Waals surface area contributed by atoms with Gasteiger partial charge < -0.3 is 10.5 Å². The van der Waals surface area contributed by atoms with Crippen LogP contribution in [0.4, 0.5) is 0 Å². The third-order valence-corrected chi connectivity index (χ3v) is 4.20. The Morgan fingerprint density at radius 1 is 1.47 bits per heavy atom. The van der Waals surface area contributed by atoms with Crippen LogP contribution in [-0.2, 0) is 9.53 Å².